The normalized spacial score (nSPS) is 13.0. The van der Waals surface area contributed by atoms with Gasteiger partial charge in [-0.25, -0.2) is 19.6 Å². The molecular weight excluding hydrogens is 941 g/mol. The van der Waals surface area contributed by atoms with E-state index in [-0.39, 0.29) is 60.3 Å². The van der Waals surface area contributed by atoms with Gasteiger partial charge in [-0.15, -0.1) is 0 Å². The number of amides is 5. The van der Waals surface area contributed by atoms with E-state index in [1.807, 2.05) is 6.92 Å². The predicted octanol–water partition coefficient (Wildman–Crippen LogP) is -2.70. The zero-order chi connectivity index (χ0) is 50.5. The summed E-state index contributed by atoms with van der Waals surface area (Å²) in [6, 6.07) is -2.73. The van der Waals surface area contributed by atoms with Crippen LogP contribution >= 0.6 is 21.6 Å². The van der Waals surface area contributed by atoms with Gasteiger partial charge in [0.05, 0.1) is 31.3 Å². The zero-order valence-electron chi connectivity index (χ0n) is 36.1. The Morgan fingerprint density at radius 2 is 1.34 bits per heavy atom. The van der Waals surface area contributed by atoms with Crippen molar-refractivity contribution >= 4 is 104 Å². The van der Waals surface area contributed by atoms with Gasteiger partial charge in [-0.1, -0.05) is 28.5 Å². The van der Waals surface area contributed by atoms with E-state index in [9.17, 15) is 68.4 Å². The number of carboxylic acid groups (broad SMARTS) is 4. The van der Waals surface area contributed by atoms with Crippen LogP contribution in [0.5, 0.6) is 0 Å². The maximum absolute atomic E-state index is 13.6. The van der Waals surface area contributed by atoms with Crippen LogP contribution in [-0.2, 0) is 44.9 Å². The lowest BCUT2D eigenvalue weighted by Gasteiger charge is -2.25. The minimum absolute atomic E-state index is 0.0142. The minimum atomic E-state index is -1.88. The maximum Gasteiger partial charge on any atom is 0.327 e. The van der Waals surface area contributed by atoms with E-state index in [0.717, 1.165) is 10.8 Å². The van der Waals surface area contributed by atoms with Crippen LogP contribution < -0.4 is 54.7 Å². The number of nitrogens with zero attached hydrogens (tertiary/aromatic N) is 4. The SMILES string of the molecule is CCSSC[C@@H](NC(=O)[C@H](CC(=O)O)NC(=O)[C@H](CCCN=C(N)N)NC(=O)[C@H](CC(=O)O)NC(=O)CC[C@H](NC(=O)c1ccc(NCc2cnc3nc(N)[nH]c(=O)c3n2)cc1)C(=O)O)C(=O)O. The van der Waals surface area contributed by atoms with Crippen LogP contribution in [0.25, 0.3) is 11.2 Å². The van der Waals surface area contributed by atoms with Gasteiger partial charge in [-0.05, 0) is 43.5 Å². The molecule has 0 bridgehead atoms. The molecule has 0 saturated carbocycles. The van der Waals surface area contributed by atoms with Gasteiger partial charge in [0.1, 0.15) is 30.2 Å². The molecular formula is C38H50N14O14S2. The lowest BCUT2D eigenvalue weighted by atomic mass is 10.1. The number of carboxylic acids is 4. The highest BCUT2D eigenvalue weighted by atomic mass is 33.1. The largest absolute Gasteiger partial charge is 0.481 e. The number of hydrogen-bond donors (Lipinski definition) is 14. The molecule has 0 saturated heterocycles. The standard InChI is InChI=1S/C38H50N14O14S2/c1-2-67-68-16-24(36(65)66)50-33(61)23(13-27(56)57)49-31(59)20(4-3-11-42-37(39)40)47-32(60)22(12-26(54)55)46-25(53)10-9-21(35(63)64)48-30(58)17-5-7-18(8-6-17)43-14-19-15-44-29-28(45-19)34(62)52-38(41)51-29/h5-8,15,20-24,43H,2-4,9-14,16H2,1H3,(H,46,53)(H,47,60)(H,48,58)(H,49,59)(H,50,61)(H,54,55)(H,56,57)(H,63,64)(H,65,66)(H4,39,40,42)(H3,41,44,51,52,62)/t20-,21-,22-,23-,24+/m0/s1. The van der Waals surface area contributed by atoms with Crippen molar-refractivity contribution in [3.63, 3.8) is 0 Å². The summed E-state index contributed by atoms with van der Waals surface area (Å²) in [5.41, 5.74) is 16.6. The van der Waals surface area contributed by atoms with E-state index in [0.29, 0.717) is 17.1 Å². The first-order valence-corrected chi connectivity index (χ1v) is 22.7. The summed E-state index contributed by atoms with van der Waals surface area (Å²) in [4.78, 5) is 144. The van der Waals surface area contributed by atoms with E-state index < -0.39 is 115 Å². The third kappa shape index (κ3) is 18.6. The molecule has 68 heavy (non-hydrogen) atoms. The number of guanidine groups is 1. The van der Waals surface area contributed by atoms with Crippen molar-refractivity contribution in [1.82, 2.24) is 46.5 Å². The average molecular weight is 991 g/mol. The van der Waals surface area contributed by atoms with Crippen LogP contribution in [0.3, 0.4) is 0 Å². The van der Waals surface area contributed by atoms with Crippen LogP contribution in [-0.4, -0.2) is 148 Å². The number of fused-ring (bicyclic) bond motifs is 1. The van der Waals surface area contributed by atoms with Gasteiger partial charge in [-0.2, -0.15) is 4.98 Å². The van der Waals surface area contributed by atoms with E-state index in [4.69, 9.17) is 17.2 Å². The van der Waals surface area contributed by atoms with Crippen molar-refractivity contribution in [3.8, 4) is 0 Å². The summed E-state index contributed by atoms with van der Waals surface area (Å²) in [6.45, 7) is 1.84. The second-order valence-corrected chi connectivity index (χ2v) is 17.1. The Hall–Kier alpha value is -7.76. The van der Waals surface area contributed by atoms with Gasteiger partial charge < -0.3 is 69.5 Å². The van der Waals surface area contributed by atoms with Crippen LogP contribution in [0.15, 0.2) is 40.2 Å². The summed E-state index contributed by atoms with van der Waals surface area (Å²) in [5, 5.41) is 52.6. The van der Waals surface area contributed by atoms with Crippen LogP contribution in [0, 0.1) is 0 Å². The number of nitrogens with two attached hydrogens (primary N) is 3. The zero-order valence-corrected chi connectivity index (χ0v) is 37.7. The van der Waals surface area contributed by atoms with E-state index >= 15 is 0 Å². The molecule has 368 valence electrons. The summed E-state index contributed by atoms with van der Waals surface area (Å²) in [6.07, 6.45) is -2.16. The van der Waals surface area contributed by atoms with Gasteiger partial charge in [0.25, 0.3) is 11.5 Å². The highest BCUT2D eigenvalue weighted by Gasteiger charge is 2.33. The van der Waals surface area contributed by atoms with Gasteiger partial charge in [0.2, 0.25) is 29.6 Å². The molecule has 3 aromatic rings. The quantitative estimate of drug-likeness (QED) is 0.0146. The lowest BCUT2D eigenvalue weighted by Crippen LogP contribution is -2.58. The third-order valence-electron chi connectivity index (χ3n) is 9.04. The smallest absolute Gasteiger partial charge is 0.327 e. The number of carbonyl (C=O) groups is 9. The van der Waals surface area contributed by atoms with Gasteiger partial charge >= 0.3 is 23.9 Å². The number of anilines is 2. The molecule has 28 nitrogen and oxygen atoms in total. The fourth-order valence-electron chi connectivity index (χ4n) is 5.76. The molecule has 0 unspecified atom stereocenters. The molecule has 30 heteroatoms. The number of aliphatic carboxylic acids is 4. The summed E-state index contributed by atoms with van der Waals surface area (Å²) >= 11 is 0. The molecule has 0 aliphatic heterocycles. The number of aromatic nitrogens is 4. The maximum atomic E-state index is 13.6. The van der Waals surface area contributed by atoms with Crippen molar-refractivity contribution in [1.29, 1.82) is 0 Å². The molecule has 3 rings (SSSR count). The van der Waals surface area contributed by atoms with Crippen molar-refractivity contribution in [2.24, 2.45) is 16.5 Å². The van der Waals surface area contributed by atoms with E-state index in [1.54, 1.807) is 0 Å². The predicted molar refractivity (Wildman–Crippen MR) is 245 cm³/mol. The number of H-pyrrole nitrogens is 1. The number of carbonyl (C=O) groups excluding carboxylic acids is 5. The topological polar surface area (TPSA) is 469 Å². The number of benzene rings is 1. The highest BCUT2D eigenvalue weighted by Crippen LogP contribution is 2.21. The first-order chi connectivity index (χ1) is 32.2. The number of nitrogens with one attached hydrogen (secondary N) is 7. The number of aromatic amines is 1. The Balaban J connectivity index is 1.67. The molecule has 5 amide bonds. The van der Waals surface area contributed by atoms with Gasteiger partial charge in [-0.3, -0.25) is 48.3 Å². The Morgan fingerprint density at radius 3 is 1.93 bits per heavy atom. The minimum Gasteiger partial charge on any atom is -0.481 e. The van der Waals surface area contributed by atoms with Gasteiger partial charge in [0, 0.05) is 35.7 Å². The summed E-state index contributed by atoms with van der Waals surface area (Å²) in [7, 11) is 2.44. The van der Waals surface area contributed by atoms with Crippen molar-refractivity contribution < 1.29 is 63.6 Å². The van der Waals surface area contributed by atoms with E-state index in [1.165, 1.54) is 41.3 Å². The van der Waals surface area contributed by atoms with Gasteiger partial charge in [0.15, 0.2) is 17.1 Å². The molecule has 0 fully saturated rings. The second kappa shape index (κ2) is 27.0. The molecule has 2 aromatic heterocycles. The van der Waals surface area contributed by atoms with E-state index in [2.05, 4.69) is 56.8 Å². The Bertz CT molecular complexity index is 2420. The fourth-order valence-corrected chi connectivity index (χ4v) is 7.58. The first kappa shape index (κ1) is 54.6. The number of hydrogen-bond acceptors (Lipinski definition) is 18. The van der Waals surface area contributed by atoms with Crippen molar-refractivity contribution in [2.45, 2.75) is 82.2 Å². The third-order valence-corrected chi connectivity index (χ3v) is 11.5. The molecule has 5 atom stereocenters. The molecule has 2 heterocycles. The summed E-state index contributed by atoms with van der Waals surface area (Å²) in [5.74, 6) is -11.5. The second-order valence-electron chi connectivity index (χ2n) is 14.3. The Labute approximate surface area is 392 Å². The lowest BCUT2D eigenvalue weighted by molar-refractivity contribution is -0.143. The first-order valence-electron chi connectivity index (χ1n) is 20.2. The molecule has 1 aromatic carbocycles. The van der Waals surface area contributed by atoms with Crippen molar-refractivity contribution in [2.75, 3.05) is 29.1 Å². The molecule has 0 spiro atoms. The fraction of sp³-hybridized carbons (Fsp3) is 0.421. The van der Waals surface area contributed by atoms with Crippen LogP contribution in [0.4, 0.5) is 11.6 Å². The number of aliphatic imine (C=N–C) groups is 1. The van der Waals surface area contributed by atoms with Crippen LogP contribution in [0.2, 0.25) is 0 Å². The monoisotopic (exact) mass is 990 g/mol. The number of rotatable bonds is 29. The Kier molecular flexibility index (Phi) is 21.7. The summed E-state index contributed by atoms with van der Waals surface area (Å²) < 4.78 is 0. The molecule has 0 radical (unpaired) electrons. The molecule has 0 aliphatic carbocycles. The molecule has 17 N–H and O–H groups in total. The molecule has 0 aliphatic rings. The average Bonchev–Trinajstić information content (AvgIpc) is 3.26. The van der Waals surface area contributed by atoms with Crippen LogP contribution in [0.1, 0.15) is 61.5 Å². The number of nitrogen functional groups attached to an aromatic ring is 1. The van der Waals surface area contributed by atoms with Crippen molar-refractivity contribution in [3.05, 3.63) is 52.1 Å². The Morgan fingerprint density at radius 1 is 0.750 bits per heavy atom. The highest BCUT2D eigenvalue weighted by molar-refractivity contribution is 8.76.